The quantitative estimate of drug-likeness (QED) is 0.655. The van der Waals surface area contributed by atoms with E-state index in [0.29, 0.717) is 11.8 Å². The maximum Gasteiger partial charge on any atom is 0.0636 e. The van der Waals surface area contributed by atoms with Crippen LogP contribution in [0.25, 0.3) is 0 Å². The van der Waals surface area contributed by atoms with E-state index in [1.165, 1.54) is 0 Å². The first-order chi connectivity index (χ1) is 12.9. The molecule has 2 aromatic rings. The summed E-state index contributed by atoms with van der Waals surface area (Å²) in [5, 5.41) is 0. The van der Waals surface area contributed by atoms with Gasteiger partial charge in [-0.2, -0.15) is 0 Å². The fourth-order valence-corrected chi connectivity index (χ4v) is 3.04. The Labute approximate surface area is 154 Å². The Bertz CT molecular complexity index is 817. The zero-order valence-electron chi connectivity index (χ0n) is 14.4. The van der Waals surface area contributed by atoms with E-state index < -0.39 is 0 Å². The van der Waals surface area contributed by atoms with Crippen molar-refractivity contribution in [1.29, 1.82) is 0 Å². The van der Waals surface area contributed by atoms with Gasteiger partial charge < -0.3 is 0 Å². The second-order valence-electron chi connectivity index (χ2n) is 6.34. The van der Waals surface area contributed by atoms with Gasteiger partial charge in [0, 0.05) is 11.8 Å². The molecule has 0 amide bonds. The molecule has 0 fully saturated rings. The van der Waals surface area contributed by atoms with Crippen molar-refractivity contribution in [3.05, 3.63) is 109 Å². The zero-order chi connectivity index (χ0) is 17.6. The second-order valence-corrected chi connectivity index (χ2v) is 6.34. The third-order valence-corrected chi connectivity index (χ3v) is 4.43. The highest BCUT2D eigenvalue weighted by atomic mass is 14.7. The molecule has 2 heteroatoms. The number of benzene rings is 2. The largest absolute Gasteiger partial charge is 0.249 e. The molecule has 2 aliphatic rings. The molecule has 0 saturated heterocycles. The predicted octanol–water partition coefficient (Wildman–Crippen LogP) is 6.02. The lowest BCUT2D eigenvalue weighted by Gasteiger charge is -2.20. The summed E-state index contributed by atoms with van der Waals surface area (Å²) in [4.78, 5) is 9.29. The van der Waals surface area contributed by atoms with Gasteiger partial charge in [0.05, 0.1) is 22.8 Å². The number of para-hydroxylation sites is 2. The van der Waals surface area contributed by atoms with Gasteiger partial charge in [0.15, 0.2) is 0 Å². The molecular weight excluding hydrogens is 316 g/mol. The summed E-state index contributed by atoms with van der Waals surface area (Å²) < 4.78 is 0. The van der Waals surface area contributed by atoms with E-state index in [1.54, 1.807) is 0 Å². The second kappa shape index (κ2) is 7.75. The highest BCUT2D eigenvalue weighted by molar-refractivity contribution is 6.07. The minimum absolute atomic E-state index is 0.357. The van der Waals surface area contributed by atoms with Crippen LogP contribution < -0.4 is 0 Å². The van der Waals surface area contributed by atoms with Gasteiger partial charge in [0.2, 0.25) is 0 Å². The maximum absolute atomic E-state index is 4.64. The van der Waals surface area contributed by atoms with E-state index in [-0.39, 0.29) is 0 Å². The summed E-state index contributed by atoms with van der Waals surface area (Å²) in [5.74, 6) is 0.714. The Morgan fingerprint density at radius 3 is 1.15 bits per heavy atom. The molecule has 0 N–H and O–H groups in total. The van der Waals surface area contributed by atoms with Gasteiger partial charge in [-0.1, -0.05) is 60.7 Å². The molecule has 2 aliphatic carbocycles. The van der Waals surface area contributed by atoms with Gasteiger partial charge in [0.1, 0.15) is 0 Å². The summed E-state index contributed by atoms with van der Waals surface area (Å²) in [6.07, 6.45) is 17.3. The van der Waals surface area contributed by atoms with Crippen LogP contribution >= 0.6 is 0 Å². The van der Waals surface area contributed by atoms with E-state index in [0.717, 1.165) is 22.8 Å². The fourth-order valence-electron chi connectivity index (χ4n) is 3.04. The van der Waals surface area contributed by atoms with E-state index in [2.05, 4.69) is 58.6 Å². The number of nitrogens with zero attached hydrogens (tertiary/aromatic N) is 2. The van der Waals surface area contributed by atoms with E-state index >= 15 is 0 Å². The van der Waals surface area contributed by atoms with Gasteiger partial charge in [-0.15, -0.1) is 0 Å². The SMILES string of the molecule is C1=CC(C2C=CC(=Nc3ccccc3)C=C2)C=CC1=Nc1ccccc1. The molecule has 0 atom stereocenters. The van der Waals surface area contributed by atoms with Crippen LogP contribution in [0.3, 0.4) is 0 Å². The van der Waals surface area contributed by atoms with Crippen LogP contribution in [0.1, 0.15) is 0 Å². The van der Waals surface area contributed by atoms with E-state index in [9.17, 15) is 0 Å². The Hall–Kier alpha value is -3.26. The number of hydrogen-bond acceptors (Lipinski definition) is 2. The smallest absolute Gasteiger partial charge is 0.0636 e. The normalized spacial score (nSPS) is 21.1. The van der Waals surface area contributed by atoms with Crippen molar-refractivity contribution in [2.45, 2.75) is 0 Å². The first-order valence-electron chi connectivity index (χ1n) is 8.87. The Kier molecular flexibility index (Phi) is 4.83. The molecule has 0 aliphatic heterocycles. The summed E-state index contributed by atoms with van der Waals surface area (Å²) in [5.41, 5.74) is 3.94. The molecule has 0 saturated carbocycles. The van der Waals surface area contributed by atoms with Gasteiger partial charge >= 0.3 is 0 Å². The van der Waals surface area contributed by atoms with Crippen LogP contribution in [-0.2, 0) is 0 Å². The zero-order valence-corrected chi connectivity index (χ0v) is 14.4. The monoisotopic (exact) mass is 336 g/mol. The van der Waals surface area contributed by atoms with Crippen LogP contribution in [0.5, 0.6) is 0 Å². The molecule has 0 radical (unpaired) electrons. The highest BCUT2D eigenvalue weighted by Gasteiger charge is 2.16. The topological polar surface area (TPSA) is 24.7 Å². The lowest BCUT2D eigenvalue weighted by molar-refractivity contribution is 0.673. The lowest BCUT2D eigenvalue weighted by Crippen LogP contribution is -2.12. The fraction of sp³-hybridized carbons (Fsp3) is 0.0833. The first kappa shape index (κ1) is 16.2. The first-order valence-corrected chi connectivity index (χ1v) is 8.87. The standard InChI is InChI=1S/C24H20N2/c1-3-7-21(8-4-1)25-23-15-11-19(12-16-23)20-13-17-24(18-14-20)26-22-9-5-2-6-10-22/h1-20H. The third kappa shape index (κ3) is 4.04. The molecule has 26 heavy (non-hydrogen) atoms. The summed E-state index contributed by atoms with van der Waals surface area (Å²) in [6.45, 7) is 0. The minimum Gasteiger partial charge on any atom is -0.249 e. The number of aliphatic imine (C=N–C) groups is 2. The van der Waals surface area contributed by atoms with Crippen molar-refractivity contribution in [2.75, 3.05) is 0 Å². The van der Waals surface area contributed by atoms with Gasteiger partial charge in [0.25, 0.3) is 0 Å². The van der Waals surface area contributed by atoms with Crippen molar-refractivity contribution in [3.8, 4) is 0 Å². The van der Waals surface area contributed by atoms with E-state index in [1.807, 2.05) is 60.7 Å². The van der Waals surface area contributed by atoms with Crippen molar-refractivity contribution in [3.63, 3.8) is 0 Å². The Morgan fingerprint density at radius 1 is 0.462 bits per heavy atom. The predicted molar refractivity (Wildman–Crippen MR) is 111 cm³/mol. The average molecular weight is 336 g/mol. The molecule has 0 heterocycles. The Balaban J connectivity index is 1.42. The van der Waals surface area contributed by atoms with Crippen molar-refractivity contribution >= 4 is 22.8 Å². The van der Waals surface area contributed by atoms with Crippen molar-refractivity contribution in [2.24, 2.45) is 21.8 Å². The molecule has 0 unspecified atom stereocenters. The van der Waals surface area contributed by atoms with Crippen molar-refractivity contribution < 1.29 is 0 Å². The Morgan fingerprint density at radius 2 is 0.808 bits per heavy atom. The van der Waals surface area contributed by atoms with Crippen LogP contribution in [0.4, 0.5) is 11.4 Å². The number of rotatable bonds is 3. The molecule has 126 valence electrons. The summed E-state index contributed by atoms with van der Waals surface area (Å²) in [7, 11) is 0. The summed E-state index contributed by atoms with van der Waals surface area (Å²) in [6, 6.07) is 20.1. The van der Waals surface area contributed by atoms with Crippen LogP contribution in [-0.4, -0.2) is 11.4 Å². The third-order valence-electron chi connectivity index (χ3n) is 4.43. The molecular formula is C24H20N2. The van der Waals surface area contributed by atoms with Crippen LogP contribution in [0.15, 0.2) is 119 Å². The summed E-state index contributed by atoms with van der Waals surface area (Å²) >= 11 is 0. The highest BCUT2D eigenvalue weighted by Crippen LogP contribution is 2.25. The van der Waals surface area contributed by atoms with Gasteiger partial charge in [-0.3, -0.25) is 0 Å². The van der Waals surface area contributed by atoms with Gasteiger partial charge in [-0.05, 0) is 48.6 Å². The van der Waals surface area contributed by atoms with Gasteiger partial charge in [-0.25, -0.2) is 9.98 Å². The maximum atomic E-state index is 4.64. The molecule has 0 bridgehead atoms. The lowest BCUT2D eigenvalue weighted by atomic mass is 9.85. The number of allylic oxidation sites excluding steroid dienone is 8. The number of hydrogen-bond donors (Lipinski definition) is 0. The molecule has 0 spiro atoms. The van der Waals surface area contributed by atoms with Crippen LogP contribution in [0.2, 0.25) is 0 Å². The van der Waals surface area contributed by atoms with E-state index in [4.69, 9.17) is 0 Å². The molecule has 4 rings (SSSR count). The minimum atomic E-state index is 0.357. The average Bonchev–Trinajstić information content (AvgIpc) is 2.71. The van der Waals surface area contributed by atoms with Crippen molar-refractivity contribution in [1.82, 2.24) is 0 Å². The molecule has 0 aromatic heterocycles. The van der Waals surface area contributed by atoms with Crippen LogP contribution in [0, 0.1) is 11.8 Å². The molecule has 2 aromatic carbocycles. The molecule has 2 nitrogen and oxygen atoms in total.